The molecule has 0 N–H and O–H groups in total. The number of ether oxygens (including phenoxy) is 2. The molecule has 0 aliphatic rings. The maximum atomic E-state index is 13.5. The Morgan fingerprint density at radius 2 is 1.97 bits per heavy atom. The van der Waals surface area contributed by atoms with Gasteiger partial charge in [0.15, 0.2) is 17.6 Å². The third-order valence-corrected chi connectivity index (χ3v) is 6.81. The average Bonchev–Trinajstić information content (AvgIpc) is 3.33. The molecule has 0 fully saturated rings. The molecule has 0 saturated heterocycles. The van der Waals surface area contributed by atoms with E-state index in [2.05, 4.69) is 26.0 Å². The van der Waals surface area contributed by atoms with E-state index in [-0.39, 0.29) is 28.8 Å². The fourth-order valence-corrected chi connectivity index (χ4v) is 5.03. The molecule has 8 nitrogen and oxygen atoms in total. The Bertz CT molecular complexity index is 1790. The molecule has 5 aromatic rings. The average molecular weight is 629 g/mol. The van der Waals surface area contributed by atoms with Crippen LogP contribution in [0.3, 0.4) is 0 Å². The number of fused-ring (bicyclic) bond motifs is 2. The number of esters is 1. The van der Waals surface area contributed by atoms with Crippen molar-refractivity contribution in [1.29, 1.82) is 0 Å². The fraction of sp³-hybridized carbons (Fsp3) is 0.143. The minimum absolute atomic E-state index is 0.218. The molecule has 0 unspecified atom stereocenters. The summed E-state index contributed by atoms with van der Waals surface area (Å²) >= 11 is 16.0. The SMILES string of the molecule is CCOC(=O)[C@@H](C)Oc1c(Cl)cc(C=Nn2c(-c3cc4cc(Cl)ccc4o3)nc3ccccc3c2=O)cc1Br. The van der Waals surface area contributed by atoms with Crippen molar-refractivity contribution in [3.63, 3.8) is 0 Å². The smallest absolute Gasteiger partial charge is 0.347 e. The number of carbonyl (C=O) groups is 1. The zero-order valence-corrected chi connectivity index (χ0v) is 23.7. The molecule has 2 aromatic heterocycles. The summed E-state index contributed by atoms with van der Waals surface area (Å²) in [6.07, 6.45) is 0.609. The summed E-state index contributed by atoms with van der Waals surface area (Å²) in [7, 11) is 0. The van der Waals surface area contributed by atoms with Gasteiger partial charge in [0.25, 0.3) is 5.56 Å². The molecular weight excluding hydrogens is 609 g/mol. The van der Waals surface area contributed by atoms with Gasteiger partial charge in [0.1, 0.15) is 5.58 Å². The van der Waals surface area contributed by atoms with Crippen molar-refractivity contribution in [2.45, 2.75) is 20.0 Å². The molecule has 3 aromatic carbocycles. The number of halogens is 3. The lowest BCUT2D eigenvalue weighted by Crippen LogP contribution is -2.26. The van der Waals surface area contributed by atoms with E-state index in [0.29, 0.717) is 37.3 Å². The monoisotopic (exact) mass is 627 g/mol. The van der Waals surface area contributed by atoms with Crippen LogP contribution in [-0.4, -0.2) is 34.6 Å². The van der Waals surface area contributed by atoms with Gasteiger partial charge in [-0.25, -0.2) is 9.78 Å². The Morgan fingerprint density at radius 1 is 1.18 bits per heavy atom. The zero-order chi connectivity index (χ0) is 27.7. The normalized spacial score (nSPS) is 12.3. The van der Waals surface area contributed by atoms with E-state index >= 15 is 0 Å². The number of hydrogen-bond donors (Lipinski definition) is 0. The first-order valence-corrected chi connectivity index (χ1v) is 13.4. The summed E-state index contributed by atoms with van der Waals surface area (Å²) in [5, 5.41) is 6.41. The first-order chi connectivity index (χ1) is 18.7. The molecule has 0 bridgehead atoms. The van der Waals surface area contributed by atoms with Gasteiger partial charge < -0.3 is 13.9 Å². The van der Waals surface area contributed by atoms with Gasteiger partial charge in [-0.3, -0.25) is 4.79 Å². The lowest BCUT2D eigenvalue weighted by Gasteiger charge is -2.16. The minimum Gasteiger partial charge on any atom is -0.476 e. The van der Waals surface area contributed by atoms with E-state index in [1.807, 2.05) is 0 Å². The van der Waals surface area contributed by atoms with Gasteiger partial charge in [-0.05, 0) is 83.9 Å². The van der Waals surface area contributed by atoms with Crippen LogP contribution in [0.15, 0.2) is 79.4 Å². The molecule has 0 radical (unpaired) electrons. The second-order valence-electron chi connectivity index (χ2n) is 8.43. The lowest BCUT2D eigenvalue weighted by molar-refractivity contribution is -0.150. The molecule has 0 aliphatic heterocycles. The number of benzene rings is 3. The van der Waals surface area contributed by atoms with E-state index in [4.69, 9.17) is 37.1 Å². The van der Waals surface area contributed by atoms with Crippen molar-refractivity contribution in [3.05, 3.63) is 91.1 Å². The van der Waals surface area contributed by atoms with Crippen molar-refractivity contribution >= 4 is 73.2 Å². The van der Waals surface area contributed by atoms with E-state index in [1.165, 1.54) is 10.9 Å². The maximum absolute atomic E-state index is 13.5. The molecule has 0 saturated carbocycles. The minimum atomic E-state index is -0.859. The van der Waals surface area contributed by atoms with Crippen LogP contribution in [0.25, 0.3) is 33.5 Å². The van der Waals surface area contributed by atoms with Gasteiger partial charge >= 0.3 is 5.97 Å². The first-order valence-electron chi connectivity index (χ1n) is 11.8. The Kier molecular flexibility index (Phi) is 7.74. The molecule has 11 heteroatoms. The summed E-state index contributed by atoms with van der Waals surface area (Å²) in [6.45, 7) is 3.53. The molecule has 2 heterocycles. The van der Waals surface area contributed by atoms with Crippen LogP contribution in [0.2, 0.25) is 10.0 Å². The molecule has 0 aliphatic carbocycles. The number of furan rings is 1. The van der Waals surface area contributed by atoms with Crippen molar-refractivity contribution in [3.8, 4) is 17.3 Å². The van der Waals surface area contributed by atoms with Crippen LogP contribution < -0.4 is 10.3 Å². The molecule has 39 heavy (non-hydrogen) atoms. The quantitative estimate of drug-likeness (QED) is 0.141. The molecule has 0 spiro atoms. The second-order valence-corrected chi connectivity index (χ2v) is 10.1. The van der Waals surface area contributed by atoms with E-state index in [1.54, 1.807) is 74.5 Å². The number of rotatable bonds is 7. The van der Waals surface area contributed by atoms with Gasteiger partial charge in [-0.2, -0.15) is 9.78 Å². The molecule has 198 valence electrons. The number of aromatic nitrogens is 2. The van der Waals surface area contributed by atoms with Crippen molar-refractivity contribution in [2.24, 2.45) is 5.10 Å². The standard InChI is InChI=1S/C28H20BrCl2N3O5/c1-3-37-28(36)15(2)38-25-20(29)10-16(11-21(25)31)14-32-34-26(33-22-7-5-4-6-19(22)27(34)35)24-13-17-12-18(30)8-9-23(17)39-24/h4-15H,3H2,1-2H3/t15-/m1/s1. The zero-order valence-electron chi connectivity index (χ0n) is 20.7. The van der Waals surface area contributed by atoms with Crippen LogP contribution in [-0.2, 0) is 9.53 Å². The van der Waals surface area contributed by atoms with Crippen LogP contribution in [0.4, 0.5) is 0 Å². The summed E-state index contributed by atoms with van der Waals surface area (Å²) in [5.41, 5.74) is 1.28. The number of carbonyl (C=O) groups excluding carboxylic acids is 1. The van der Waals surface area contributed by atoms with Crippen LogP contribution in [0.1, 0.15) is 19.4 Å². The summed E-state index contributed by atoms with van der Waals surface area (Å²) < 4.78 is 18.4. The van der Waals surface area contributed by atoms with Crippen LogP contribution in [0.5, 0.6) is 5.75 Å². The Hall–Kier alpha value is -3.66. The predicted octanol–water partition coefficient (Wildman–Crippen LogP) is 7.09. The number of hydrogen-bond acceptors (Lipinski definition) is 7. The van der Waals surface area contributed by atoms with E-state index < -0.39 is 12.1 Å². The van der Waals surface area contributed by atoms with Gasteiger partial charge in [0.05, 0.1) is 33.2 Å². The van der Waals surface area contributed by atoms with Crippen molar-refractivity contribution in [1.82, 2.24) is 9.66 Å². The van der Waals surface area contributed by atoms with Gasteiger partial charge in [-0.15, -0.1) is 0 Å². The van der Waals surface area contributed by atoms with Gasteiger partial charge in [0.2, 0.25) is 5.82 Å². The Balaban J connectivity index is 1.56. The lowest BCUT2D eigenvalue weighted by atomic mass is 10.2. The second kappa shape index (κ2) is 11.2. The first kappa shape index (κ1) is 26.9. The largest absolute Gasteiger partial charge is 0.476 e. The molecular formula is C28H20BrCl2N3O5. The highest BCUT2D eigenvalue weighted by Crippen LogP contribution is 2.35. The Morgan fingerprint density at radius 3 is 2.74 bits per heavy atom. The summed E-state index contributed by atoms with van der Waals surface area (Å²) in [5.74, 6) is 0.342. The van der Waals surface area contributed by atoms with Crippen molar-refractivity contribution in [2.75, 3.05) is 6.61 Å². The highest BCUT2D eigenvalue weighted by Gasteiger charge is 2.20. The van der Waals surface area contributed by atoms with E-state index in [0.717, 1.165) is 5.39 Å². The maximum Gasteiger partial charge on any atom is 0.347 e. The Labute approximate surface area is 240 Å². The van der Waals surface area contributed by atoms with Gasteiger partial charge in [-0.1, -0.05) is 35.3 Å². The molecule has 1 atom stereocenters. The number of para-hydroxylation sites is 1. The van der Waals surface area contributed by atoms with Crippen LogP contribution >= 0.6 is 39.1 Å². The topological polar surface area (TPSA) is 95.9 Å². The molecule has 0 amide bonds. The highest BCUT2D eigenvalue weighted by atomic mass is 79.9. The van der Waals surface area contributed by atoms with Gasteiger partial charge in [0, 0.05) is 10.4 Å². The summed E-state index contributed by atoms with van der Waals surface area (Å²) in [6, 6.07) is 17.3. The van der Waals surface area contributed by atoms with Crippen LogP contribution in [0, 0.1) is 0 Å². The predicted molar refractivity (Wildman–Crippen MR) is 155 cm³/mol. The number of nitrogens with zero attached hydrogens (tertiary/aromatic N) is 3. The third-order valence-electron chi connectivity index (χ3n) is 5.71. The van der Waals surface area contributed by atoms with Crippen molar-refractivity contribution < 1.29 is 18.7 Å². The summed E-state index contributed by atoms with van der Waals surface area (Å²) in [4.78, 5) is 30.1. The third kappa shape index (κ3) is 5.56. The fourth-order valence-electron chi connectivity index (χ4n) is 3.89. The molecule has 5 rings (SSSR count). The highest BCUT2D eigenvalue weighted by molar-refractivity contribution is 9.10. The van der Waals surface area contributed by atoms with E-state index in [9.17, 15) is 9.59 Å².